The molecule has 1 N–H and O–H groups in total. The molecule has 2 amide bonds. The highest BCUT2D eigenvalue weighted by Crippen LogP contribution is 2.30. The van der Waals surface area contributed by atoms with Gasteiger partial charge in [0.25, 0.3) is 0 Å². The Morgan fingerprint density at radius 1 is 1.06 bits per heavy atom. The number of rotatable bonds is 6. The molecule has 160 valence electrons. The highest BCUT2D eigenvalue weighted by atomic mass is 16.5. The number of ether oxygens (including phenoxy) is 1. The molecule has 1 saturated heterocycles. The molecule has 1 atom stereocenters. The molecular weight excluding hydrogens is 390 g/mol. The van der Waals surface area contributed by atoms with Crippen LogP contribution in [0.25, 0.3) is 5.69 Å². The molecule has 0 spiro atoms. The van der Waals surface area contributed by atoms with E-state index in [9.17, 15) is 9.59 Å². The van der Waals surface area contributed by atoms with Crippen LogP contribution in [0.3, 0.4) is 0 Å². The van der Waals surface area contributed by atoms with E-state index in [2.05, 4.69) is 9.88 Å². The summed E-state index contributed by atoms with van der Waals surface area (Å²) in [5.74, 6) is 0.206. The zero-order chi connectivity index (χ0) is 22.0. The normalized spacial score (nSPS) is 15.9. The van der Waals surface area contributed by atoms with Gasteiger partial charge in [-0.3, -0.25) is 9.59 Å². The maximum Gasteiger partial charge on any atom is 0.229 e. The Morgan fingerprint density at radius 3 is 2.45 bits per heavy atom. The number of aryl methyl sites for hydroxylation is 2. The summed E-state index contributed by atoms with van der Waals surface area (Å²) in [6.07, 6.45) is 0.228. The first kappa shape index (κ1) is 20.7. The Morgan fingerprint density at radius 2 is 1.77 bits per heavy atom. The first-order valence-corrected chi connectivity index (χ1v) is 10.4. The average molecular weight is 418 g/mol. The average Bonchev–Trinajstić information content (AvgIpc) is 3.30. The molecule has 6 heteroatoms. The van der Waals surface area contributed by atoms with Crippen molar-refractivity contribution in [2.45, 2.75) is 26.8 Å². The molecule has 3 aromatic rings. The summed E-state index contributed by atoms with van der Waals surface area (Å²) in [4.78, 5) is 27.3. The van der Waals surface area contributed by atoms with Crippen molar-refractivity contribution < 1.29 is 14.3 Å². The van der Waals surface area contributed by atoms with Gasteiger partial charge in [-0.25, -0.2) is 0 Å². The van der Waals surface area contributed by atoms with E-state index in [0.717, 1.165) is 22.6 Å². The number of carbonyl (C=O) groups is 2. The van der Waals surface area contributed by atoms with E-state index in [-0.39, 0.29) is 24.2 Å². The molecule has 2 aromatic carbocycles. The Bertz CT molecular complexity index is 1080. The van der Waals surface area contributed by atoms with Gasteiger partial charge in [0.05, 0.1) is 24.4 Å². The molecule has 1 aromatic heterocycles. The van der Waals surface area contributed by atoms with Crippen LogP contribution in [-0.4, -0.2) is 34.9 Å². The number of nitrogens with one attached hydrogen (secondary N) is 1. The molecule has 6 nitrogen and oxygen atoms in total. The number of likely N-dealkylation sites (tertiary alicyclic amines) is 1. The molecule has 4 rings (SSSR count). The van der Waals surface area contributed by atoms with E-state index in [1.807, 2.05) is 74.5 Å². The van der Waals surface area contributed by atoms with Crippen molar-refractivity contribution >= 4 is 17.5 Å². The third-order valence-corrected chi connectivity index (χ3v) is 5.78. The fourth-order valence-corrected chi connectivity index (χ4v) is 4.12. The van der Waals surface area contributed by atoms with Crippen LogP contribution in [0.15, 0.2) is 60.7 Å². The van der Waals surface area contributed by atoms with Gasteiger partial charge in [0.1, 0.15) is 5.75 Å². The summed E-state index contributed by atoms with van der Waals surface area (Å²) in [6, 6.07) is 19.5. The lowest BCUT2D eigenvalue weighted by Gasteiger charge is -2.19. The van der Waals surface area contributed by atoms with E-state index in [1.54, 1.807) is 12.0 Å². The lowest BCUT2D eigenvalue weighted by molar-refractivity contribution is -0.128. The van der Waals surface area contributed by atoms with Gasteiger partial charge in [-0.2, -0.15) is 0 Å². The number of benzene rings is 2. The van der Waals surface area contributed by atoms with Gasteiger partial charge in [-0.05, 0) is 43.7 Å². The van der Waals surface area contributed by atoms with E-state index < -0.39 is 0 Å². The number of hydrogen-bond donors (Lipinski definition) is 1. The van der Waals surface area contributed by atoms with Crippen LogP contribution in [0.4, 0.5) is 5.69 Å². The van der Waals surface area contributed by atoms with Gasteiger partial charge in [0.15, 0.2) is 0 Å². The number of aromatic nitrogens is 1. The maximum atomic E-state index is 13.1. The maximum absolute atomic E-state index is 13.1. The lowest BCUT2D eigenvalue weighted by Crippen LogP contribution is -2.28. The van der Waals surface area contributed by atoms with Crippen molar-refractivity contribution in [2.24, 2.45) is 5.92 Å². The molecule has 1 aliphatic heterocycles. The van der Waals surface area contributed by atoms with Gasteiger partial charge in [-0.1, -0.05) is 30.3 Å². The van der Waals surface area contributed by atoms with Crippen molar-refractivity contribution in [3.63, 3.8) is 0 Å². The molecule has 1 fully saturated rings. The fourth-order valence-electron chi connectivity index (χ4n) is 4.12. The highest BCUT2D eigenvalue weighted by molar-refractivity contribution is 5.98. The Kier molecular flexibility index (Phi) is 5.80. The molecule has 0 saturated carbocycles. The molecule has 2 heterocycles. The molecule has 0 aliphatic carbocycles. The van der Waals surface area contributed by atoms with Gasteiger partial charge >= 0.3 is 0 Å². The number of carbonyl (C=O) groups excluding carboxylic acids is 2. The Hall–Kier alpha value is -3.54. The number of anilines is 1. The summed E-state index contributed by atoms with van der Waals surface area (Å²) in [7, 11) is 1.62. The smallest absolute Gasteiger partial charge is 0.229 e. The minimum Gasteiger partial charge on any atom is -0.497 e. The molecule has 0 radical (unpaired) electrons. The van der Waals surface area contributed by atoms with E-state index in [4.69, 9.17) is 4.74 Å². The largest absolute Gasteiger partial charge is 0.497 e. The lowest BCUT2D eigenvalue weighted by atomic mass is 10.1. The predicted octanol–water partition coefficient (Wildman–Crippen LogP) is 4.09. The van der Waals surface area contributed by atoms with Crippen molar-refractivity contribution in [1.82, 2.24) is 9.47 Å². The van der Waals surface area contributed by atoms with Gasteiger partial charge < -0.3 is 19.5 Å². The Labute approximate surface area is 182 Å². The number of hydrogen-bond acceptors (Lipinski definition) is 3. The Balaban J connectivity index is 1.53. The van der Waals surface area contributed by atoms with E-state index in [0.29, 0.717) is 24.5 Å². The summed E-state index contributed by atoms with van der Waals surface area (Å²) >= 11 is 0. The first-order valence-electron chi connectivity index (χ1n) is 10.4. The van der Waals surface area contributed by atoms with Crippen LogP contribution in [0.5, 0.6) is 5.75 Å². The van der Waals surface area contributed by atoms with Crippen LogP contribution in [0.2, 0.25) is 0 Å². The first-order chi connectivity index (χ1) is 15.0. The van der Waals surface area contributed by atoms with Crippen molar-refractivity contribution in [3.05, 3.63) is 77.6 Å². The zero-order valence-electron chi connectivity index (χ0n) is 18.1. The van der Waals surface area contributed by atoms with Crippen molar-refractivity contribution in [3.8, 4) is 11.4 Å². The minimum atomic E-state index is -0.377. The van der Waals surface area contributed by atoms with E-state index in [1.165, 1.54) is 0 Å². The second kappa shape index (κ2) is 8.68. The molecule has 0 bridgehead atoms. The highest BCUT2D eigenvalue weighted by Gasteiger charge is 2.34. The van der Waals surface area contributed by atoms with Crippen molar-refractivity contribution in [1.29, 1.82) is 0 Å². The topological polar surface area (TPSA) is 63.6 Å². The predicted molar refractivity (Wildman–Crippen MR) is 120 cm³/mol. The van der Waals surface area contributed by atoms with E-state index >= 15 is 0 Å². The van der Waals surface area contributed by atoms with Crippen LogP contribution in [0.1, 0.15) is 23.4 Å². The summed E-state index contributed by atoms with van der Waals surface area (Å²) in [5, 5.41) is 3.06. The van der Waals surface area contributed by atoms with Gasteiger partial charge in [0.2, 0.25) is 11.8 Å². The quantitative estimate of drug-likeness (QED) is 0.657. The SMILES string of the molecule is COc1ccc(NC(=O)[C@@H]2CC(=O)N(Cc3ccccc3)C2)c(-n2c(C)ccc2C)c1. The zero-order valence-corrected chi connectivity index (χ0v) is 18.1. The van der Waals surface area contributed by atoms with Crippen LogP contribution < -0.4 is 10.1 Å². The van der Waals surface area contributed by atoms with Crippen LogP contribution in [0, 0.1) is 19.8 Å². The number of amides is 2. The third-order valence-electron chi connectivity index (χ3n) is 5.78. The molecular formula is C25H27N3O3. The summed E-state index contributed by atoms with van der Waals surface area (Å²) < 4.78 is 7.48. The summed E-state index contributed by atoms with van der Waals surface area (Å²) in [5.41, 5.74) is 4.73. The molecule has 0 unspecified atom stereocenters. The van der Waals surface area contributed by atoms with Crippen LogP contribution in [-0.2, 0) is 16.1 Å². The second-order valence-corrected chi connectivity index (χ2v) is 7.98. The molecule has 31 heavy (non-hydrogen) atoms. The fraction of sp³-hybridized carbons (Fsp3) is 0.280. The van der Waals surface area contributed by atoms with Crippen LogP contribution >= 0.6 is 0 Å². The summed E-state index contributed by atoms with van der Waals surface area (Å²) in [6.45, 7) is 5.00. The standard InChI is InChI=1S/C25H27N3O3/c1-17-9-10-18(2)28(17)23-14-21(31-3)11-12-22(23)26-25(30)20-13-24(29)27(16-20)15-19-7-5-4-6-8-19/h4-12,14,20H,13,15-16H2,1-3H3,(H,26,30)/t20-/m1/s1. The van der Waals surface area contributed by atoms with Gasteiger partial charge in [-0.15, -0.1) is 0 Å². The number of nitrogens with zero attached hydrogens (tertiary/aromatic N) is 2. The monoisotopic (exact) mass is 417 g/mol. The van der Waals surface area contributed by atoms with Crippen molar-refractivity contribution in [2.75, 3.05) is 19.0 Å². The minimum absolute atomic E-state index is 0.0102. The third kappa shape index (κ3) is 4.33. The van der Waals surface area contributed by atoms with Gasteiger partial charge in [0, 0.05) is 37.0 Å². The molecule has 1 aliphatic rings. The second-order valence-electron chi connectivity index (χ2n) is 7.98. The number of methoxy groups -OCH3 is 1.